The Morgan fingerprint density at radius 2 is 2.12 bits per heavy atom. The smallest absolute Gasteiger partial charge is 0.349 e. The molecule has 1 heterocycles. The van der Waals surface area contributed by atoms with Crippen LogP contribution >= 0.6 is 0 Å². The lowest BCUT2D eigenvalue weighted by molar-refractivity contribution is -0.123. The van der Waals surface area contributed by atoms with Crippen molar-refractivity contribution in [3.05, 3.63) is 29.8 Å². The molecule has 0 aromatic heterocycles. The molecular formula is C17H19F3N4O. The molecule has 1 N–H and O–H groups in total. The fourth-order valence-electron chi connectivity index (χ4n) is 2.35. The first-order chi connectivity index (χ1) is 11.6. The Bertz CT molecular complexity index is 734. The summed E-state index contributed by atoms with van der Waals surface area (Å²) in [5.74, 6) is -0.530. The number of hydrazone groups is 1. The summed E-state index contributed by atoms with van der Waals surface area (Å²) < 4.78 is 39.3. The fourth-order valence-corrected chi connectivity index (χ4v) is 2.35. The van der Waals surface area contributed by atoms with E-state index >= 15 is 0 Å². The lowest BCUT2D eigenvalue weighted by atomic mass is 10.0. The quantitative estimate of drug-likeness (QED) is 0.903. The summed E-state index contributed by atoms with van der Waals surface area (Å²) in [6.07, 6.45) is -4.52. The van der Waals surface area contributed by atoms with Crippen LogP contribution in [0.5, 0.6) is 0 Å². The maximum Gasteiger partial charge on any atom is 0.431 e. The first-order valence-corrected chi connectivity index (χ1v) is 7.83. The Morgan fingerprint density at radius 1 is 1.44 bits per heavy atom. The molecule has 134 valence electrons. The lowest BCUT2D eigenvalue weighted by Crippen LogP contribution is -2.51. The van der Waals surface area contributed by atoms with Crippen molar-refractivity contribution in [2.75, 3.05) is 5.01 Å². The largest absolute Gasteiger partial charge is 0.431 e. The Labute approximate surface area is 144 Å². The monoisotopic (exact) mass is 352 g/mol. The number of carbonyl (C=O) groups excluding carboxylic acids is 1. The number of nitrogens with one attached hydrogen (secondary N) is 1. The van der Waals surface area contributed by atoms with Crippen LogP contribution in [0.2, 0.25) is 0 Å². The van der Waals surface area contributed by atoms with Crippen LogP contribution in [0.15, 0.2) is 29.4 Å². The topological polar surface area (TPSA) is 68.5 Å². The minimum atomic E-state index is -4.61. The van der Waals surface area contributed by atoms with Crippen molar-refractivity contribution < 1.29 is 18.0 Å². The van der Waals surface area contributed by atoms with Gasteiger partial charge in [-0.25, -0.2) is 0 Å². The average molecular weight is 352 g/mol. The third kappa shape index (κ3) is 4.29. The normalized spacial score (nSPS) is 17.9. The minimum absolute atomic E-state index is 0.271. The van der Waals surface area contributed by atoms with Gasteiger partial charge in [0.15, 0.2) is 0 Å². The van der Waals surface area contributed by atoms with E-state index in [0.717, 1.165) is 5.01 Å². The predicted molar refractivity (Wildman–Crippen MR) is 88.0 cm³/mol. The molecule has 1 aliphatic heterocycles. The van der Waals surface area contributed by atoms with Crippen LogP contribution in [-0.4, -0.2) is 29.4 Å². The number of amides is 1. The lowest BCUT2D eigenvalue weighted by Gasteiger charge is -2.29. The number of rotatable bonds is 4. The molecule has 1 aromatic rings. The maximum absolute atomic E-state index is 13.1. The Hall–Kier alpha value is -2.56. The van der Waals surface area contributed by atoms with E-state index in [1.165, 1.54) is 18.2 Å². The summed E-state index contributed by atoms with van der Waals surface area (Å²) in [6, 6.07) is 6.82. The molecule has 0 radical (unpaired) electrons. The zero-order valence-electron chi connectivity index (χ0n) is 14.2. The van der Waals surface area contributed by atoms with Gasteiger partial charge in [-0.05, 0) is 38.5 Å². The van der Waals surface area contributed by atoms with Gasteiger partial charge < -0.3 is 5.32 Å². The number of nitriles is 1. The van der Waals surface area contributed by atoms with Crippen molar-refractivity contribution in [1.29, 1.82) is 5.26 Å². The molecule has 1 unspecified atom stereocenters. The van der Waals surface area contributed by atoms with Gasteiger partial charge in [-0.2, -0.15) is 23.5 Å². The van der Waals surface area contributed by atoms with E-state index in [1.807, 2.05) is 13.0 Å². The first kappa shape index (κ1) is 18.8. The van der Waals surface area contributed by atoms with E-state index < -0.39 is 35.8 Å². The maximum atomic E-state index is 13.1. The van der Waals surface area contributed by atoms with Crippen LogP contribution in [0.1, 0.15) is 39.2 Å². The van der Waals surface area contributed by atoms with Crippen LogP contribution in [0, 0.1) is 11.3 Å². The summed E-state index contributed by atoms with van der Waals surface area (Å²) in [6.45, 7) is 5.47. The van der Waals surface area contributed by atoms with Gasteiger partial charge >= 0.3 is 6.18 Å². The van der Waals surface area contributed by atoms with Gasteiger partial charge in [-0.3, -0.25) is 9.80 Å². The van der Waals surface area contributed by atoms with Gasteiger partial charge in [0, 0.05) is 12.0 Å². The van der Waals surface area contributed by atoms with Gasteiger partial charge in [0.1, 0.15) is 11.8 Å². The number of halogens is 3. The number of hydrogen-bond acceptors (Lipinski definition) is 4. The molecule has 25 heavy (non-hydrogen) atoms. The second kappa shape index (κ2) is 6.75. The highest BCUT2D eigenvalue weighted by atomic mass is 19.4. The minimum Gasteiger partial charge on any atom is -0.349 e. The van der Waals surface area contributed by atoms with Gasteiger partial charge in [-0.15, -0.1) is 0 Å². The van der Waals surface area contributed by atoms with Crippen molar-refractivity contribution >= 4 is 17.3 Å². The summed E-state index contributed by atoms with van der Waals surface area (Å²) >= 11 is 0. The first-order valence-electron chi connectivity index (χ1n) is 7.83. The predicted octanol–water partition coefficient (Wildman–Crippen LogP) is 3.36. The Balaban J connectivity index is 2.38. The fraction of sp³-hybridized carbons (Fsp3) is 0.471. The second-order valence-corrected chi connectivity index (χ2v) is 6.50. The zero-order chi connectivity index (χ0) is 18.8. The molecule has 0 saturated carbocycles. The van der Waals surface area contributed by atoms with Gasteiger partial charge in [0.25, 0.3) is 0 Å². The van der Waals surface area contributed by atoms with E-state index in [0.29, 0.717) is 6.42 Å². The van der Waals surface area contributed by atoms with Crippen LogP contribution in [-0.2, 0) is 4.79 Å². The molecule has 1 atom stereocenters. The van der Waals surface area contributed by atoms with E-state index in [2.05, 4.69) is 10.4 Å². The highest BCUT2D eigenvalue weighted by Gasteiger charge is 2.46. The third-order valence-electron chi connectivity index (χ3n) is 4.13. The molecule has 0 bridgehead atoms. The summed E-state index contributed by atoms with van der Waals surface area (Å²) in [5, 5.41) is 16.4. The standard InChI is InChI=1S/C17H19F3N4O/c1-4-16(2,3)22-15(25)13-9-14(17(18,19)20)23-24(13)12-7-5-6-11(8-12)10-21/h5-8,13H,4,9H2,1-3H3,(H,22,25). The molecule has 0 saturated heterocycles. The number of nitrogens with zero attached hydrogens (tertiary/aromatic N) is 3. The van der Waals surface area contributed by atoms with E-state index in [4.69, 9.17) is 5.26 Å². The Kier molecular flexibility index (Phi) is 5.07. The molecule has 2 rings (SSSR count). The molecular weight excluding hydrogens is 333 g/mol. The second-order valence-electron chi connectivity index (χ2n) is 6.50. The van der Waals surface area contributed by atoms with Crippen LogP contribution in [0.3, 0.4) is 0 Å². The number of benzene rings is 1. The SMILES string of the molecule is CCC(C)(C)NC(=O)C1CC(C(F)(F)F)=NN1c1cccc(C#N)c1. The third-order valence-corrected chi connectivity index (χ3v) is 4.13. The highest BCUT2D eigenvalue weighted by Crippen LogP contribution is 2.32. The van der Waals surface area contributed by atoms with Crippen molar-refractivity contribution in [3.8, 4) is 6.07 Å². The number of alkyl halides is 3. The van der Waals surface area contributed by atoms with Crippen LogP contribution < -0.4 is 10.3 Å². The number of anilines is 1. The van der Waals surface area contributed by atoms with Crippen molar-refractivity contribution in [2.45, 2.75) is 51.4 Å². The number of carbonyl (C=O) groups is 1. The van der Waals surface area contributed by atoms with E-state index in [1.54, 1.807) is 19.9 Å². The molecule has 1 aromatic carbocycles. The zero-order valence-corrected chi connectivity index (χ0v) is 14.2. The molecule has 0 spiro atoms. The molecule has 0 fully saturated rings. The van der Waals surface area contributed by atoms with Gasteiger partial charge in [-0.1, -0.05) is 13.0 Å². The van der Waals surface area contributed by atoms with Gasteiger partial charge in [0.2, 0.25) is 5.91 Å². The van der Waals surface area contributed by atoms with Crippen molar-refractivity contribution in [2.24, 2.45) is 5.10 Å². The molecule has 8 heteroatoms. The average Bonchev–Trinajstić information content (AvgIpc) is 3.00. The van der Waals surface area contributed by atoms with E-state index in [-0.39, 0.29) is 11.3 Å². The molecule has 1 aliphatic rings. The van der Waals surface area contributed by atoms with Crippen LogP contribution in [0.25, 0.3) is 0 Å². The molecule has 1 amide bonds. The van der Waals surface area contributed by atoms with E-state index in [9.17, 15) is 18.0 Å². The molecule has 5 nitrogen and oxygen atoms in total. The number of hydrogen-bond donors (Lipinski definition) is 1. The van der Waals surface area contributed by atoms with Gasteiger partial charge in [0.05, 0.1) is 17.3 Å². The van der Waals surface area contributed by atoms with Crippen molar-refractivity contribution in [3.63, 3.8) is 0 Å². The summed E-state index contributed by atoms with van der Waals surface area (Å²) in [7, 11) is 0. The van der Waals surface area contributed by atoms with Crippen molar-refractivity contribution in [1.82, 2.24) is 5.32 Å². The Morgan fingerprint density at radius 3 is 2.68 bits per heavy atom. The molecule has 0 aliphatic carbocycles. The summed E-state index contributed by atoms with van der Waals surface area (Å²) in [5.41, 5.74) is -1.00. The summed E-state index contributed by atoms with van der Waals surface area (Å²) in [4.78, 5) is 12.6. The highest BCUT2D eigenvalue weighted by molar-refractivity contribution is 6.00. The van der Waals surface area contributed by atoms with Crippen LogP contribution in [0.4, 0.5) is 18.9 Å².